The Hall–Kier alpha value is -2.58. The Bertz CT molecular complexity index is 1730. The summed E-state index contributed by atoms with van der Waals surface area (Å²) in [6.45, 7) is 9.44. The van der Waals surface area contributed by atoms with Crippen LogP contribution in [0.5, 0.6) is 5.75 Å². The summed E-state index contributed by atoms with van der Waals surface area (Å²) in [5.74, 6) is 0.203. The van der Waals surface area contributed by atoms with Crippen LogP contribution in [-0.2, 0) is 24.8 Å². The van der Waals surface area contributed by atoms with E-state index in [1.54, 1.807) is 28.6 Å². The number of piperidine rings is 1. The Morgan fingerprint density at radius 2 is 1.73 bits per heavy atom. The van der Waals surface area contributed by atoms with Gasteiger partial charge < -0.3 is 19.9 Å². The van der Waals surface area contributed by atoms with Crippen LogP contribution in [0.1, 0.15) is 58.4 Å². The van der Waals surface area contributed by atoms with Crippen molar-refractivity contribution in [3.05, 3.63) is 66.2 Å². The number of benzene rings is 3. The van der Waals surface area contributed by atoms with E-state index < -0.39 is 31.8 Å². The number of nitrogens with zero attached hydrogens (tertiary/aromatic N) is 1. The summed E-state index contributed by atoms with van der Waals surface area (Å²) in [5.41, 5.74) is -0.151. The molecular weight excluding hydrogens is 615 g/mol. The maximum absolute atomic E-state index is 13.4. The number of rotatable bonds is 10. The molecule has 1 unspecified atom stereocenters. The number of sulfonamides is 2. The molecule has 12 heteroatoms. The third-order valence-corrected chi connectivity index (χ3v) is 12.2. The van der Waals surface area contributed by atoms with Gasteiger partial charge in [-0.1, -0.05) is 64.1 Å². The highest BCUT2D eigenvalue weighted by atomic mass is 32.2. The summed E-state index contributed by atoms with van der Waals surface area (Å²) in [4.78, 5) is 0.330. The van der Waals surface area contributed by atoms with E-state index >= 15 is 0 Å². The van der Waals surface area contributed by atoms with Gasteiger partial charge in [-0.2, -0.15) is 4.31 Å². The second-order valence-electron chi connectivity index (χ2n) is 13.5. The summed E-state index contributed by atoms with van der Waals surface area (Å²) in [6, 6.07) is 17.7. The van der Waals surface area contributed by atoms with E-state index in [9.17, 15) is 21.9 Å². The molecule has 3 aromatic carbocycles. The van der Waals surface area contributed by atoms with Gasteiger partial charge in [0.1, 0.15) is 18.5 Å². The number of hydrogen-bond acceptors (Lipinski definition) is 8. The Balaban J connectivity index is 1.14. The number of nitrogens with two attached hydrogens (primary N) is 1. The molecule has 0 bridgehead atoms. The van der Waals surface area contributed by atoms with Crippen molar-refractivity contribution in [3.8, 4) is 5.75 Å². The van der Waals surface area contributed by atoms with Crippen molar-refractivity contribution in [2.24, 2.45) is 10.6 Å². The maximum atomic E-state index is 13.4. The van der Waals surface area contributed by atoms with E-state index in [0.29, 0.717) is 55.2 Å². The first-order valence-electron chi connectivity index (χ1n) is 15.4. The largest absolute Gasteiger partial charge is 0.491 e. The van der Waals surface area contributed by atoms with Crippen LogP contribution in [0, 0.1) is 5.41 Å². The van der Waals surface area contributed by atoms with Crippen LogP contribution in [0.2, 0.25) is 0 Å². The predicted octanol–water partition coefficient (Wildman–Crippen LogP) is 3.98. The van der Waals surface area contributed by atoms with E-state index in [1.165, 1.54) is 6.07 Å². The van der Waals surface area contributed by atoms with Crippen LogP contribution < -0.4 is 15.2 Å². The van der Waals surface area contributed by atoms with E-state index in [0.717, 1.165) is 10.8 Å². The second-order valence-corrected chi connectivity index (χ2v) is 16.9. The molecule has 5 rings (SSSR count). The third-order valence-electron chi connectivity index (χ3n) is 9.34. The lowest BCUT2D eigenvalue weighted by atomic mass is 9.77. The van der Waals surface area contributed by atoms with Crippen molar-refractivity contribution in [2.75, 3.05) is 32.8 Å². The molecule has 2 saturated heterocycles. The van der Waals surface area contributed by atoms with Crippen molar-refractivity contribution in [1.82, 2.24) is 9.62 Å². The number of aliphatic hydroxyl groups excluding tert-OH is 1. The van der Waals surface area contributed by atoms with Crippen LogP contribution >= 0.6 is 0 Å². The van der Waals surface area contributed by atoms with Gasteiger partial charge in [-0.3, -0.25) is 0 Å². The van der Waals surface area contributed by atoms with Gasteiger partial charge in [0.05, 0.1) is 22.0 Å². The molecule has 2 heterocycles. The van der Waals surface area contributed by atoms with Crippen LogP contribution in [-0.4, -0.2) is 76.8 Å². The first-order valence-corrected chi connectivity index (χ1v) is 18.4. The fraction of sp³-hybridized carbons (Fsp3) is 0.515. The van der Waals surface area contributed by atoms with Crippen LogP contribution in [0.25, 0.3) is 10.8 Å². The van der Waals surface area contributed by atoms with Crippen LogP contribution in [0.3, 0.4) is 0 Å². The molecule has 2 aliphatic rings. The molecule has 2 fully saturated rings. The minimum absolute atomic E-state index is 0.00507. The SMILES string of the molecule is C[C@@H](c1c(OC[C@@H](O)CNC2COC3(CCN(S(=O)(=O)c4ccc5ccccc5c4)CC3)C2)cccc1S(N)(=O)=O)C(C)(C)C. The van der Waals surface area contributed by atoms with Gasteiger partial charge in [0, 0.05) is 31.2 Å². The zero-order valence-corrected chi connectivity index (χ0v) is 28.0. The van der Waals surface area contributed by atoms with Crippen molar-refractivity contribution < 1.29 is 31.4 Å². The standard InChI is InChI=1S/C33H45N3O7S2/c1-23(32(2,3)4)31-29(10-7-11-30(31)44(34,38)39)42-22-27(37)20-35-26-19-33(43-21-26)14-16-36(17-15-33)45(40,41)28-13-12-24-8-5-6-9-25(24)18-28/h5-13,18,23,26-27,35,37H,14-17,19-22H2,1-4H3,(H2,34,38,39)/t23-,26?,27-/m0/s1. The quantitative estimate of drug-likeness (QED) is 0.296. The van der Waals surface area contributed by atoms with E-state index in [-0.39, 0.29) is 35.4 Å². The summed E-state index contributed by atoms with van der Waals surface area (Å²) in [7, 11) is -7.59. The maximum Gasteiger partial charge on any atom is 0.243 e. The van der Waals surface area contributed by atoms with Gasteiger partial charge in [-0.15, -0.1) is 0 Å². The fourth-order valence-corrected chi connectivity index (χ4v) is 8.57. The first kappa shape index (κ1) is 33.8. The van der Waals surface area contributed by atoms with Crippen molar-refractivity contribution >= 4 is 30.8 Å². The summed E-state index contributed by atoms with van der Waals surface area (Å²) < 4.78 is 65.3. The summed E-state index contributed by atoms with van der Waals surface area (Å²) in [5, 5.41) is 21.5. The van der Waals surface area contributed by atoms with Gasteiger partial charge in [0.15, 0.2) is 0 Å². The third kappa shape index (κ3) is 7.54. The Kier molecular flexibility index (Phi) is 9.68. The average Bonchev–Trinajstić information content (AvgIpc) is 3.39. The lowest BCUT2D eigenvalue weighted by Crippen LogP contribution is -2.47. The number of nitrogens with one attached hydrogen (secondary N) is 1. The minimum Gasteiger partial charge on any atom is -0.491 e. The van der Waals surface area contributed by atoms with Crippen LogP contribution in [0.4, 0.5) is 0 Å². The second kappa shape index (κ2) is 12.9. The van der Waals surface area contributed by atoms with Crippen LogP contribution in [0.15, 0.2) is 70.5 Å². The lowest BCUT2D eigenvalue weighted by Gasteiger charge is -2.38. The molecule has 0 aliphatic carbocycles. The van der Waals surface area contributed by atoms with Crippen molar-refractivity contribution in [2.45, 2.75) is 80.4 Å². The van der Waals surface area contributed by atoms with Gasteiger partial charge in [-0.25, -0.2) is 22.0 Å². The smallest absolute Gasteiger partial charge is 0.243 e. The molecule has 45 heavy (non-hydrogen) atoms. The molecule has 3 aromatic rings. The van der Waals surface area contributed by atoms with E-state index in [2.05, 4.69) is 5.32 Å². The molecule has 4 N–H and O–H groups in total. The highest BCUT2D eigenvalue weighted by Crippen LogP contribution is 2.42. The predicted molar refractivity (Wildman–Crippen MR) is 174 cm³/mol. The Morgan fingerprint density at radius 1 is 1.04 bits per heavy atom. The molecule has 246 valence electrons. The summed E-state index contributed by atoms with van der Waals surface area (Å²) in [6.07, 6.45) is 1.05. The zero-order valence-electron chi connectivity index (χ0n) is 26.4. The number of hydrogen-bond donors (Lipinski definition) is 3. The number of aliphatic hydroxyl groups is 1. The van der Waals surface area contributed by atoms with Crippen molar-refractivity contribution in [1.29, 1.82) is 0 Å². The molecule has 0 amide bonds. The number of primary sulfonamides is 1. The highest BCUT2D eigenvalue weighted by molar-refractivity contribution is 7.89. The monoisotopic (exact) mass is 659 g/mol. The molecule has 1 spiro atoms. The average molecular weight is 660 g/mol. The van der Waals surface area contributed by atoms with Gasteiger partial charge in [0.25, 0.3) is 0 Å². The number of fused-ring (bicyclic) bond motifs is 1. The Labute approximate surface area is 267 Å². The molecule has 3 atom stereocenters. The number of ether oxygens (including phenoxy) is 2. The molecule has 0 aromatic heterocycles. The molecular formula is C33H45N3O7S2. The van der Waals surface area contributed by atoms with Gasteiger partial charge >= 0.3 is 0 Å². The van der Waals surface area contributed by atoms with Gasteiger partial charge in [0.2, 0.25) is 20.0 Å². The van der Waals surface area contributed by atoms with E-state index in [4.69, 9.17) is 14.6 Å². The summed E-state index contributed by atoms with van der Waals surface area (Å²) >= 11 is 0. The Morgan fingerprint density at radius 3 is 2.40 bits per heavy atom. The lowest BCUT2D eigenvalue weighted by molar-refractivity contribution is -0.0312. The fourth-order valence-electron chi connectivity index (χ4n) is 6.24. The van der Waals surface area contributed by atoms with Crippen molar-refractivity contribution in [3.63, 3.8) is 0 Å². The topological polar surface area (TPSA) is 148 Å². The molecule has 0 saturated carbocycles. The molecule has 2 aliphatic heterocycles. The highest BCUT2D eigenvalue weighted by Gasteiger charge is 2.44. The minimum atomic E-state index is -3.97. The molecule has 0 radical (unpaired) electrons. The zero-order chi connectivity index (χ0) is 32.6. The molecule has 10 nitrogen and oxygen atoms in total. The normalized spacial score (nSPS) is 20.8. The van der Waals surface area contributed by atoms with E-state index in [1.807, 2.05) is 58.0 Å². The first-order chi connectivity index (χ1) is 21.1. The van der Waals surface area contributed by atoms with Gasteiger partial charge in [-0.05, 0) is 65.6 Å².